The van der Waals surface area contributed by atoms with Gasteiger partial charge in [0, 0.05) is 21.5 Å². The number of carbonyl (C=O) groups is 2. The van der Waals surface area contributed by atoms with Crippen LogP contribution in [0.25, 0.3) is 21.5 Å². The van der Waals surface area contributed by atoms with E-state index in [1.54, 1.807) is 0 Å². The average Bonchev–Trinajstić information content (AvgIpc) is 2.88. The summed E-state index contributed by atoms with van der Waals surface area (Å²) in [5, 5.41) is 20.7. The van der Waals surface area contributed by atoms with E-state index in [-0.39, 0.29) is 39.6 Å². The Morgan fingerprint density at radius 3 is 1.83 bits per heavy atom. The molecule has 0 unspecified atom stereocenters. The molecule has 0 aliphatic heterocycles. The predicted octanol–water partition coefficient (Wildman–Crippen LogP) is 3.55. The lowest BCUT2D eigenvalue weighted by atomic mass is 9.97. The number of hydrogen-bond donors (Lipinski definition) is 2. The molecule has 0 aliphatic carbocycles. The van der Waals surface area contributed by atoms with Crippen molar-refractivity contribution in [1.82, 2.24) is 0 Å². The normalized spacial score (nSPS) is 10.9. The summed E-state index contributed by atoms with van der Waals surface area (Å²) in [6, 6.07) is 13.4. The summed E-state index contributed by atoms with van der Waals surface area (Å²) in [6.07, 6.45) is 4.20. The van der Waals surface area contributed by atoms with E-state index in [4.69, 9.17) is 29.2 Å². The molecule has 0 radical (unpaired) electrons. The molecule has 2 N–H and O–H groups in total. The van der Waals surface area contributed by atoms with Crippen LogP contribution in [0.1, 0.15) is 31.7 Å². The highest BCUT2D eigenvalue weighted by molar-refractivity contribution is 6.11. The van der Waals surface area contributed by atoms with E-state index >= 15 is 0 Å². The van der Waals surface area contributed by atoms with Gasteiger partial charge in [0.15, 0.2) is 13.2 Å². The van der Waals surface area contributed by atoms with Crippen molar-refractivity contribution in [3.63, 3.8) is 0 Å². The summed E-state index contributed by atoms with van der Waals surface area (Å²) >= 11 is 0. The summed E-state index contributed by atoms with van der Waals surface area (Å²) in [5.74, 6) is -0.141. The summed E-state index contributed by atoms with van der Waals surface area (Å²) in [6.45, 7) is 0.826. The van der Waals surface area contributed by atoms with Gasteiger partial charge in [0.1, 0.15) is 24.7 Å². The Morgan fingerprint density at radius 2 is 1.29 bits per heavy atom. The van der Waals surface area contributed by atoms with E-state index in [9.17, 15) is 9.59 Å². The molecule has 0 fully saturated rings. The fraction of sp³-hybridized carbons (Fsp3) is 0.407. The van der Waals surface area contributed by atoms with Crippen molar-refractivity contribution in [2.75, 3.05) is 39.6 Å². The lowest BCUT2D eigenvalue weighted by Gasteiger charge is -2.18. The summed E-state index contributed by atoms with van der Waals surface area (Å²) in [7, 11) is 0. The van der Waals surface area contributed by atoms with Crippen LogP contribution in [0.2, 0.25) is 0 Å². The molecule has 0 atom stereocenters. The SMILES string of the molecule is CCCCCc1ccc2c(OCC(=O)OCCO)c3ccccc3c(OCC(=O)OCCO)c2c1. The summed E-state index contributed by atoms with van der Waals surface area (Å²) in [5.41, 5.74) is 1.13. The summed E-state index contributed by atoms with van der Waals surface area (Å²) in [4.78, 5) is 24.1. The van der Waals surface area contributed by atoms with E-state index in [0.717, 1.165) is 47.4 Å². The molecule has 8 heteroatoms. The fourth-order valence-electron chi connectivity index (χ4n) is 3.86. The molecule has 0 amide bonds. The van der Waals surface area contributed by atoms with Crippen LogP contribution in [0.4, 0.5) is 0 Å². The highest BCUT2D eigenvalue weighted by atomic mass is 16.6. The lowest BCUT2D eigenvalue weighted by molar-refractivity contribution is -0.147. The second-order valence-electron chi connectivity index (χ2n) is 8.01. The van der Waals surface area contributed by atoms with Crippen LogP contribution >= 0.6 is 0 Å². The van der Waals surface area contributed by atoms with Gasteiger partial charge in [0.05, 0.1) is 13.2 Å². The first-order valence-corrected chi connectivity index (χ1v) is 11.8. The van der Waals surface area contributed by atoms with Crippen LogP contribution in [-0.2, 0) is 25.5 Å². The number of fused-ring (bicyclic) bond motifs is 2. The number of benzene rings is 3. The molecule has 35 heavy (non-hydrogen) atoms. The van der Waals surface area contributed by atoms with Gasteiger partial charge in [-0.3, -0.25) is 0 Å². The third kappa shape index (κ3) is 7.07. The second-order valence-corrected chi connectivity index (χ2v) is 8.01. The number of aryl methyl sites for hydroxylation is 1. The molecule has 188 valence electrons. The number of hydrogen-bond acceptors (Lipinski definition) is 8. The van der Waals surface area contributed by atoms with E-state index < -0.39 is 11.9 Å². The van der Waals surface area contributed by atoms with Crippen molar-refractivity contribution >= 4 is 33.5 Å². The van der Waals surface area contributed by atoms with Crippen LogP contribution in [-0.4, -0.2) is 61.8 Å². The van der Waals surface area contributed by atoms with Crippen LogP contribution in [0.5, 0.6) is 11.5 Å². The van der Waals surface area contributed by atoms with Gasteiger partial charge in [-0.2, -0.15) is 0 Å². The van der Waals surface area contributed by atoms with Crippen molar-refractivity contribution in [3.05, 3.63) is 48.0 Å². The molecule has 0 heterocycles. The Kier molecular flexibility index (Phi) is 10.1. The number of unbranched alkanes of at least 4 members (excludes halogenated alkanes) is 2. The van der Waals surface area contributed by atoms with Gasteiger partial charge in [-0.05, 0) is 24.5 Å². The fourth-order valence-corrected chi connectivity index (χ4v) is 3.86. The highest BCUT2D eigenvalue weighted by Gasteiger charge is 2.19. The Bertz CT molecular complexity index is 1140. The van der Waals surface area contributed by atoms with Gasteiger partial charge in [0.25, 0.3) is 0 Å². The quantitative estimate of drug-likeness (QED) is 0.203. The maximum absolute atomic E-state index is 12.1. The van der Waals surface area contributed by atoms with Crippen LogP contribution < -0.4 is 9.47 Å². The number of ether oxygens (including phenoxy) is 4. The number of aliphatic hydroxyl groups is 2. The molecule has 3 aromatic carbocycles. The maximum Gasteiger partial charge on any atom is 0.344 e. The van der Waals surface area contributed by atoms with Crippen molar-refractivity contribution in [1.29, 1.82) is 0 Å². The molecule has 3 rings (SSSR count). The Labute approximate surface area is 204 Å². The topological polar surface area (TPSA) is 112 Å². The smallest absolute Gasteiger partial charge is 0.344 e. The van der Waals surface area contributed by atoms with Crippen molar-refractivity contribution in [2.45, 2.75) is 32.6 Å². The van der Waals surface area contributed by atoms with Gasteiger partial charge in [-0.25, -0.2) is 9.59 Å². The summed E-state index contributed by atoms with van der Waals surface area (Å²) < 4.78 is 21.8. The minimum absolute atomic E-state index is 0.0928. The molecular weight excluding hydrogens is 452 g/mol. The molecule has 3 aromatic rings. The molecule has 0 aliphatic rings. The van der Waals surface area contributed by atoms with Crippen molar-refractivity contribution in [2.24, 2.45) is 0 Å². The third-order valence-electron chi connectivity index (χ3n) is 5.44. The van der Waals surface area contributed by atoms with E-state index in [1.165, 1.54) is 0 Å². The first kappa shape index (κ1) is 26.2. The van der Waals surface area contributed by atoms with E-state index in [1.807, 2.05) is 42.5 Å². The Morgan fingerprint density at radius 1 is 0.743 bits per heavy atom. The number of rotatable bonds is 14. The zero-order valence-electron chi connectivity index (χ0n) is 20.0. The minimum atomic E-state index is -0.584. The molecule has 0 bridgehead atoms. The Balaban J connectivity index is 2.05. The highest BCUT2D eigenvalue weighted by Crippen LogP contribution is 2.43. The van der Waals surface area contributed by atoms with Crippen LogP contribution in [0.15, 0.2) is 42.5 Å². The van der Waals surface area contributed by atoms with Gasteiger partial charge in [-0.1, -0.05) is 56.2 Å². The van der Waals surface area contributed by atoms with Crippen molar-refractivity contribution in [3.8, 4) is 11.5 Å². The average molecular weight is 485 g/mol. The molecule has 0 spiro atoms. The van der Waals surface area contributed by atoms with E-state index in [2.05, 4.69) is 6.92 Å². The van der Waals surface area contributed by atoms with Gasteiger partial charge in [-0.15, -0.1) is 0 Å². The monoisotopic (exact) mass is 484 g/mol. The minimum Gasteiger partial charge on any atom is -0.481 e. The molecule has 0 saturated heterocycles. The molecule has 0 saturated carbocycles. The van der Waals surface area contributed by atoms with Gasteiger partial charge < -0.3 is 29.2 Å². The Hall–Kier alpha value is -3.36. The number of esters is 2. The number of aliphatic hydroxyl groups excluding tert-OH is 2. The standard InChI is InChI=1S/C27H32O8/c1-2-3-4-7-19-10-11-22-23(16-19)27(35-18-25(31)33-15-13-29)21-9-6-5-8-20(21)26(22)34-17-24(30)32-14-12-28/h5-6,8-11,16,28-29H,2-4,7,12-15,17-18H2,1H3. The van der Waals surface area contributed by atoms with E-state index in [0.29, 0.717) is 16.9 Å². The molecule has 0 aromatic heterocycles. The van der Waals surface area contributed by atoms with Crippen LogP contribution in [0.3, 0.4) is 0 Å². The second kappa shape index (κ2) is 13.5. The lowest BCUT2D eigenvalue weighted by Crippen LogP contribution is -2.18. The van der Waals surface area contributed by atoms with Gasteiger partial charge in [0.2, 0.25) is 0 Å². The first-order chi connectivity index (χ1) is 17.1. The van der Waals surface area contributed by atoms with Crippen molar-refractivity contribution < 1.29 is 38.7 Å². The van der Waals surface area contributed by atoms with Crippen LogP contribution in [0, 0.1) is 0 Å². The predicted molar refractivity (Wildman–Crippen MR) is 132 cm³/mol. The zero-order valence-corrected chi connectivity index (χ0v) is 20.0. The molecular formula is C27H32O8. The molecule has 8 nitrogen and oxygen atoms in total. The zero-order chi connectivity index (χ0) is 25.0. The maximum atomic E-state index is 12.1. The number of carbonyl (C=O) groups excluding carboxylic acids is 2. The first-order valence-electron chi connectivity index (χ1n) is 11.8. The third-order valence-corrected chi connectivity index (χ3v) is 5.44. The largest absolute Gasteiger partial charge is 0.481 e. The van der Waals surface area contributed by atoms with Gasteiger partial charge >= 0.3 is 11.9 Å².